The maximum absolute atomic E-state index is 8.81. The van der Waals surface area contributed by atoms with Crippen LogP contribution >= 0.6 is 0 Å². The van der Waals surface area contributed by atoms with Crippen LogP contribution in [-0.4, -0.2) is 37.5 Å². The monoisotopic (exact) mass is 203 g/mol. The van der Waals surface area contributed by atoms with Crippen LogP contribution in [0.4, 0.5) is 0 Å². The van der Waals surface area contributed by atoms with Gasteiger partial charge in [0, 0.05) is 19.3 Å². The summed E-state index contributed by atoms with van der Waals surface area (Å²) in [7, 11) is 0. The molecule has 0 amide bonds. The molecule has 14 heavy (non-hydrogen) atoms. The van der Waals surface area contributed by atoms with Crippen molar-refractivity contribution in [2.75, 3.05) is 26.4 Å². The fourth-order valence-corrected chi connectivity index (χ4v) is 1.23. The Labute approximate surface area is 87.8 Å². The van der Waals surface area contributed by atoms with Crippen LogP contribution in [0.15, 0.2) is 0 Å². The van der Waals surface area contributed by atoms with Crippen molar-refractivity contribution in [2.24, 2.45) is 5.92 Å². The predicted octanol–water partition coefficient (Wildman–Crippen LogP) is 1.41. The van der Waals surface area contributed by atoms with E-state index < -0.39 is 0 Å². The highest BCUT2D eigenvalue weighted by Gasteiger charge is 2.06. The molecule has 0 heterocycles. The van der Waals surface area contributed by atoms with Crippen molar-refractivity contribution in [3.8, 4) is 0 Å². The second-order valence-corrected chi connectivity index (χ2v) is 4.02. The molecule has 0 aromatic heterocycles. The Kier molecular flexibility index (Phi) is 9.35. The molecule has 0 rings (SSSR count). The standard InChI is InChI=1S/C11H25NO2/c1-4-12-11(5-7-13)9-14-8-6-10(2)3/h10-13H,4-9H2,1-3H3. The van der Waals surface area contributed by atoms with Crippen LogP contribution in [0.25, 0.3) is 0 Å². The van der Waals surface area contributed by atoms with Crippen molar-refractivity contribution in [1.29, 1.82) is 0 Å². The zero-order valence-electron chi connectivity index (χ0n) is 9.75. The smallest absolute Gasteiger partial charge is 0.0620 e. The average molecular weight is 203 g/mol. The maximum atomic E-state index is 8.81. The summed E-state index contributed by atoms with van der Waals surface area (Å²) in [5, 5.41) is 12.1. The number of ether oxygens (including phenoxy) is 1. The molecule has 0 saturated heterocycles. The number of rotatable bonds is 9. The summed E-state index contributed by atoms with van der Waals surface area (Å²) in [5.41, 5.74) is 0. The molecule has 3 heteroatoms. The molecule has 0 aliphatic rings. The Bertz CT molecular complexity index is 112. The number of aliphatic hydroxyl groups is 1. The van der Waals surface area contributed by atoms with Crippen molar-refractivity contribution in [1.82, 2.24) is 5.32 Å². The number of hydrogen-bond donors (Lipinski definition) is 2. The van der Waals surface area contributed by atoms with E-state index in [1.165, 1.54) is 0 Å². The fourth-order valence-electron chi connectivity index (χ4n) is 1.23. The third-order valence-electron chi connectivity index (χ3n) is 2.13. The van der Waals surface area contributed by atoms with E-state index in [0.717, 1.165) is 26.0 Å². The van der Waals surface area contributed by atoms with Crippen LogP contribution in [0.1, 0.15) is 33.6 Å². The van der Waals surface area contributed by atoms with Gasteiger partial charge in [-0.25, -0.2) is 0 Å². The SMILES string of the molecule is CCNC(CCO)COCCC(C)C. The van der Waals surface area contributed by atoms with Crippen LogP contribution in [0, 0.1) is 5.92 Å². The number of aliphatic hydroxyl groups excluding tert-OH is 1. The molecule has 0 aliphatic heterocycles. The van der Waals surface area contributed by atoms with Crippen LogP contribution < -0.4 is 5.32 Å². The molecule has 0 saturated carbocycles. The third kappa shape index (κ3) is 8.48. The van der Waals surface area contributed by atoms with Crippen molar-refractivity contribution >= 4 is 0 Å². The Morgan fingerprint density at radius 2 is 2.00 bits per heavy atom. The molecule has 0 fully saturated rings. The molecule has 0 aromatic carbocycles. The summed E-state index contributed by atoms with van der Waals surface area (Å²) in [6.07, 6.45) is 1.88. The molecule has 3 nitrogen and oxygen atoms in total. The van der Waals surface area contributed by atoms with Crippen LogP contribution in [0.2, 0.25) is 0 Å². The largest absolute Gasteiger partial charge is 0.396 e. The van der Waals surface area contributed by atoms with Gasteiger partial charge in [0.1, 0.15) is 0 Å². The fraction of sp³-hybridized carbons (Fsp3) is 1.00. The minimum atomic E-state index is 0.227. The first-order valence-electron chi connectivity index (χ1n) is 5.62. The van der Waals surface area contributed by atoms with Crippen molar-refractivity contribution < 1.29 is 9.84 Å². The van der Waals surface area contributed by atoms with Crippen LogP contribution in [0.5, 0.6) is 0 Å². The molecular formula is C11H25NO2. The molecule has 0 radical (unpaired) electrons. The summed E-state index contributed by atoms with van der Waals surface area (Å²) < 4.78 is 5.54. The minimum absolute atomic E-state index is 0.227. The highest BCUT2D eigenvalue weighted by molar-refractivity contribution is 4.64. The molecule has 1 unspecified atom stereocenters. The Hall–Kier alpha value is -0.120. The van der Waals surface area contributed by atoms with Crippen molar-refractivity contribution in [3.05, 3.63) is 0 Å². The molecule has 0 spiro atoms. The summed E-state index contributed by atoms with van der Waals surface area (Å²) >= 11 is 0. The van der Waals surface area contributed by atoms with Gasteiger partial charge in [0.05, 0.1) is 6.61 Å². The molecule has 86 valence electrons. The molecule has 0 bridgehead atoms. The van der Waals surface area contributed by atoms with E-state index in [1.807, 2.05) is 0 Å². The second-order valence-electron chi connectivity index (χ2n) is 4.02. The lowest BCUT2D eigenvalue weighted by molar-refractivity contribution is 0.0943. The van der Waals surface area contributed by atoms with Gasteiger partial charge in [0.25, 0.3) is 0 Å². The van der Waals surface area contributed by atoms with E-state index in [0.29, 0.717) is 18.6 Å². The highest BCUT2D eigenvalue weighted by Crippen LogP contribution is 2.00. The quantitative estimate of drug-likeness (QED) is 0.557. The van der Waals surface area contributed by atoms with Gasteiger partial charge in [-0.05, 0) is 25.3 Å². The molecule has 0 aromatic rings. The van der Waals surface area contributed by atoms with Gasteiger partial charge in [0.15, 0.2) is 0 Å². The van der Waals surface area contributed by atoms with E-state index in [4.69, 9.17) is 9.84 Å². The molecule has 2 N–H and O–H groups in total. The molecule has 0 aliphatic carbocycles. The number of likely N-dealkylation sites (N-methyl/N-ethyl adjacent to an activating group) is 1. The van der Waals surface area contributed by atoms with Gasteiger partial charge in [0.2, 0.25) is 0 Å². The van der Waals surface area contributed by atoms with Crippen LogP contribution in [0.3, 0.4) is 0 Å². The zero-order chi connectivity index (χ0) is 10.8. The van der Waals surface area contributed by atoms with E-state index in [1.54, 1.807) is 0 Å². The number of hydrogen-bond acceptors (Lipinski definition) is 3. The Morgan fingerprint density at radius 1 is 1.29 bits per heavy atom. The third-order valence-corrected chi connectivity index (χ3v) is 2.13. The van der Waals surface area contributed by atoms with E-state index >= 15 is 0 Å². The van der Waals surface area contributed by atoms with E-state index in [2.05, 4.69) is 26.1 Å². The highest BCUT2D eigenvalue weighted by atomic mass is 16.5. The predicted molar refractivity (Wildman–Crippen MR) is 59.4 cm³/mol. The van der Waals surface area contributed by atoms with Gasteiger partial charge in [-0.3, -0.25) is 0 Å². The zero-order valence-corrected chi connectivity index (χ0v) is 9.75. The molecular weight excluding hydrogens is 178 g/mol. The minimum Gasteiger partial charge on any atom is -0.396 e. The summed E-state index contributed by atoms with van der Waals surface area (Å²) in [5.74, 6) is 0.699. The molecule has 1 atom stereocenters. The van der Waals surface area contributed by atoms with Gasteiger partial charge < -0.3 is 15.2 Å². The van der Waals surface area contributed by atoms with Gasteiger partial charge in [-0.1, -0.05) is 20.8 Å². The average Bonchev–Trinajstić information content (AvgIpc) is 2.12. The van der Waals surface area contributed by atoms with Gasteiger partial charge >= 0.3 is 0 Å². The Morgan fingerprint density at radius 3 is 2.50 bits per heavy atom. The first-order valence-corrected chi connectivity index (χ1v) is 5.62. The van der Waals surface area contributed by atoms with E-state index in [9.17, 15) is 0 Å². The summed E-state index contributed by atoms with van der Waals surface area (Å²) in [6, 6.07) is 0.303. The lowest BCUT2D eigenvalue weighted by atomic mass is 10.1. The van der Waals surface area contributed by atoms with Gasteiger partial charge in [-0.2, -0.15) is 0 Å². The van der Waals surface area contributed by atoms with Gasteiger partial charge in [-0.15, -0.1) is 0 Å². The normalized spacial score (nSPS) is 13.5. The first-order chi connectivity index (χ1) is 6.70. The lowest BCUT2D eigenvalue weighted by Crippen LogP contribution is -2.34. The van der Waals surface area contributed by atoms with Crippen molar-refractivity contribution in [3.63, 3.8) is 0 Å². The van der Waals surface area contributed by atoms with E-state index in [-0.39, 0.29) is 6.61 Å². The lowest BCUT2D eigenvalue weighted by Gasteiger charge is -2.17. The first kappa shape index (κ1) is 13.9. The Balaban J connectivity index is 3.40. The number of nitrogens with one attached hydrogen (secondary N) is 1. The summed E-state index contributed by atoms with van der Waals surface area (Å²) in [4.78, 5) is 0. The summed E-state index contributed by atoms with van der Waals surface area (Å²) in [6.45, 7) is 9.14. The topological polar surface area (TPSA) is 41.5 Å². The van der Waals surface area contributed by atoms with Crippen LogP contribution in [-0.2, 0) is 4.74 Å². The van der Waals surface area contributed by atoms with Crippen molar-refractivity contribution in [2.45, 2.75) is 39.7 Å². The maximum Gasteiger partial charge on any atom is 0.0620 e. The second kappa shape index (κ2) is 9.44.